The predicted molar refractivity (Wildman–Crippen MR) is 115 cm³/mol. The summed E-state index contributed by atoms with van der Waals surface area (Å²) in [4.78, 5) is 12.2. The number of halogens is 1. The monoisotopic (exact) mass is 412 g/mol. The summed E-state index contributed by atoms with van der Waals surface area (Å²) in [6, 6.07) is 10.6. The zero-order chi connectivity index (χ0) is 20.1. The lowest BCUT2D eigenvalue weighted by Crippen LogP contribution is -2.36. The highest BCUT2D eigenvalue weighted by Crippen LogP contribution is 2.30. The Hall–Kier alpha value is -2.35. The van der Waals surface area contributed by atoms with E-state index >= 15 is 0 Å². The Morgan fingerprint density at radius 2 is 1.93 bits per heavy atom. The van der Waals surface area contributed by atoms with Crippen molar-refractivity contribution < 1.29 is 9.50 Å². The molecule has 0 unspecified atom stereocenters. The lowest BCUT2D eigenvalue weighted by Gasteiger charge is -2.31. The van der Waals surface area contributed by atoms with Crippen LogP contribution < -0.4 is 5.32 Å². The number of likely N-dealkylation sites (tertiary alicyclic amines) is 1. The van der Waals surface area contributed by atoms with Crippen LogP contribution in [0.25, 0.3) is 10.4 Å². The lowest BCUT2D eigenvalue weighted by atomic mass is 9.90. The van der Waals surface area contributed by atoms with Crippen LogP contribution in [0.5, 0.6) is 0 Å². The SMILES string of the molecule is OCCN1CCC(Cc2ccnc(Nc3ncc(-c4ccc(F)cc4)s3)c2)CC1. The van der Waals surface area contributed by atoms with Crippen LogP contribution in [0.4, 0.5) is 15.3 Å². The Kier molecular flexibility index (Phi) is 6.49. The number of benzene rings is 1. The first-order valence-electron chi connectivity index (χ1n) is 9.96. The molecule has 29 heavy (non-hydrogen) atoms. The second kappa shape index (κ2) is 9.43. The van der Waals surface area contributed by atoms with Gasteiger partial charge in [-0.25, -0.2) is 14.4 Å². The molecule has 0 saturated carbocycles. The van der Waals surface area contributed by atoms with Gasteiger partial charge in [-0.3, -0.25) is 0 Å². The lowest BCUT2D eigenvalue weighted by molar-refractivity contribution is 0.147. The van der Waals surface area contributed by atoms with Crippen molar-refractivity contribution in [3.63, 3.8) is 0 Å². The number of rotatable bonds is 7. The predicted octanol–water partition coefficient (Wildman–Crippen LogP) is 4.33. The molecule has 3 heterocycles. The average Bonchev–Trinajstić information content (AvgIpc) is 3.19. The third-order valence-corrected chi connectivity index (χ3v) is 6.30. The summed E-state index contributed by atoms with van der Waals surface area (Å²) in [5.74, 6) is 1.22. The van der Waals surface area contributed by atoms with E-state index in [-0.39, 0.29) is 12.4 Å². The molecule has 2 N–H and O–H groups in total. The van der Waals surface area contributed by atoms with Crippen LogP contribution in [0.1, 0.15) is 18.4 Å². The number of anilines is 2. The second-order valence-corrected chi connectivity index (χ2v) is 8.45. The van der Waals surface area contributed by atoms with Crippen LogP contribution in [0.3, 0.4) is 0 Å². The number of hydrogen-bond acceptors (Lipinski definition) is 6. The van der Waals surface area contributed by atoms with Crippen molar-refractivity contribution in [1.29, 1.82) is 0 Å². The molecule has 2 aromatic heterocycles. The zero-order valence-corrected chi connectivity index (χ0v) is 17.0. The first-order valence-corrected chi connectivity index (χ1v) is 10.8. The minimum absolute atomic E-state index is 0.239. The van der Waals surface area contributed by atoms with E-state index in [4.69, 9.17) is 5.11 Å². The van der Waals surface area contributed by atoms with Gasteiger partial charge in [-0.05, 0) is 73.7 Å². The third kappa shape index (κ3) is 5.38. The van der Waals surface area contributed by atoms with E-state index < -0.39 is 0 Å². The van der Waals surface area contributed by atoms with E-state index in [1.54, 1.807) is 18.3 Å². The summed E-state index contributed by atoms with van der Waals surface area (Å²) in [6.07, 6.45) is 7.01. The highest BCUT2D eigenvalue weighted by molar-refractivity contribution is 7.18. The van der Waals surface area contributed by atoms with Crippen LogP contribution in [-0.2, 0) is 6.42 Å². The van der Waals surface area contributed by atoms with Gasteiger partial charge in [0.2, 0.25) is 0 Å². The molecular weight excluding hydrogens is 387 g/mol. The molecule has 0 bridgehead atoms. The molecule has 0 spiro atoms. The molecule has 1 aliphatic rings. The fourth-order valence-corrected chi connectivity index (χ4v) is 4.58. The summed E-state index contributed by atoms with van der Waals surface area (Å²) in [5, 5.41) is 13.1. The number of hydrogen-bond donors (Lipinski definition) is 2. The Bertz CT molecular complexity index is 923. The molecule has 0 aliphatic carbocycles. The number of nitrogens with zero attached hydrogens (tertiary/aromatic N) is 3. The maximum absolute atomic E-state index is 13.1. The molecule has 1 fully saturated rings. The fraction of sp³-hybridized carbons (Fsp3) is 0.364. The van der Waals surface area contributed by atoms with Gasteiger partial charge in [-0.1, -0.05) is 23.5 Å². The van der Waals surface area contributed by atoms with E-state index in [9.17, 15) is 4.39 Å². The number of β-amino-alcohol motifs (C(OH)–C–C–N with tert-alkyl or cyclic N) is 1. The molecule has 1 saturated heterocycles. The Morgan fingerprint density at radius 3 is 2.69 bits per heavy atom. The number of nitrogens with one attached hydrogen (secondary N) is 1. The first kappa shape index (κ1) is 19.9. The van der Waals surface area contributed by atoms with Crippen molar-refractivity contribution in [2.24, 2.45) is 5.92 Å². The van der Waals surface area contributed by atoms with Crippen LogP contribution in [0.15, 0.2) is 48.8 Å². The standard InChI is InChI=1S/C22H25FN4OS/c23-19-3-1-18(2-4-19)20-15-25-22(29-20)26-21-14-17(5-8-24-21)13-16-6-9-27(10-7-16)11-12-28/h1-5,8,14-16,28H,6-7,9-13H2,(H,24,25,26). The molecule has 5 nitrogen and oxygen atoms in total. The molecule has 4 rings (SSSR count). The molecular formula is C22H25FN4OS. The van der Waals surface area contributed by atoms with Gasteiger partial charge in [0, 0.05) is 18.9 Å². The zero-order valence-electron chi connectivity index (χ0n) is 16.2. The summed E-state index contributed by atoms with van der Waals surface area (Å²) >= 11 is 1.52. The molecule has 1 aromatic carbocycles. The largest absolute Gasteiger partial charge is 0.395 e. The number of aliphatic hydroxyl groups excluding tert-OH is 1. The maximum atomic E-state index is 13.1. The van der Waals surface area contributed by atoms with E-state index in [0.717, 1.165) is 47.4 Å². The van der Waals surface area contributed by atoms with Gasteiger partial charge in [0.05, 0.1) is 11.5 Å². The Labute approximate surface area is 174 Å². The Balaban J connectivity index is 1.36. The third-order valence-electron chi connectivity index (χ3n) is 5.34. The van der Waals surface area contributed by atoms with Gasteiger partial charge in [0.15, 0.2) is 5.13 Å². The average molecular weight is 413 g/mol. The normalized spacial score (nSPS) is 15.5. The molecule has 0 atom stereocenters. The van der Waals surface area contributed by atoms with E-state index in [1.165, 1.54) is 41.9 Å². The molecule has 3 aromatic rings. The summed E-state index contributed by atoms with van der Waals surface area (Å²) < 4.78 is 13.1. The number of aromatic nitrogens is 2. The van der Waals surface area contributed by atoms with Gasteiger partial charge in [0.25, 0.3) is 0 Å². The van der Waals surface area contributed by atoms with Crippen LogP contribution in [-0.4, -0.2) is 46.2 Å². The number of thiazole rings is 1. The fourth-order valence-electron chi connectivity index (χ4n) is 3.75. The van der Waals surface area contributed by atoms with E-state index in [0.29, 0.717) is 5.92 Å². The molecule has 1 aliphatic heterocycles. The van der Waals surface area contributed by atoms with Gasteiger partial charge in [-0.15, -0.1) is 0 Å². The van der Waals surface area contributed by atoms with Crippen molar-refractivity contribution in [1.82, 2.24) is 14.9 Å². The molecule has 7 heteroatoms. The van der Waals surface area contributed by atoms with Crippen molar-refractivity contribution in [3.05, 3.63) is 60.2 Å². The van der Waals surface area contributed by atoms with Gasteiger partial charge < -0.3 is 15.3 Å². The quantitative estimate of drug-likeness (QED) is 0.605. The highest BCUT2D eigenvalue weighted by atomic mass is 32.1. The number of piperidine rings is 1. The summed E-state index contributed by atoms with van der Waals surface area (Å²) in [5.41, 5.74) is 2.23. The van der Waals surface area contributed by atoms with Gasteiger partial charge in [0.1, 0.15) is 11.6 Å². The number of aliphatic hydroxyl groups is 1. The molecule has 0 amide bonds. The smallest absolute Gasteiger partial charge is 0.188 e. The van der Waals surface area contributed by atoms with Crippen LogP contribution in [0.2, 0.25) is 0 Å². The summed E-state index contributed by atoms with van der Waals surface area (Å²) in [6.45, 7) is 3.15. The maximum Gasteiger partial charge on any atom is 0.188 e. The van der Waals surface area contributed by atoms with Crippen LogP contribution in [0, 0.1) is 11.7 Å². The first-order chi connectivity index (χ1) is 14.2. The summed E-state index contributed by atoms with van der Waals surface area (Å²) in [7, 11) is 0. The van der Waals surface area contributed by atoms with Crippen molar-refractivity contribution in [3.8, 4) is 10.4 Å². The topological polar surface area (TPSA) is 61.3 Å². The number of pyridine rings is 1. The van der Waals surface area contributed by atoms with Crippen molar-refractivity contribution >= 4 is 22.3 Å². The highest BCUT2D eigenvalue weighted by Gasteiger charge is 2.19. The second-order valence-electron chi connectivity index (χ2n) is 7.42. The Morgan fingerprint density at radius 1 is 1.14 bits per heavy atom. The van der Waals surface area contributed by atoms with Crippen molar-refractivity contribution in [2.45, 2.75) is 19.3 Å². The van der Waals surface area contributed by atoms with Crippen molar-refractivity contribution in [2.75, 3.05) is 31.6 Å². The molecule has 0 radical (unpaired) electrons. The van der Waals surface area contributed by atoms with Gasteiger partial charge in [-0.2, -0.15) is 0 Å². The van der Waals surface area contributed by atoms with Crippen LogP contribution >= 0.6 is 11.3 Å². The molecule has 152 valence electrons. The van der Waals surface area contributed by atoms with E-state index in [2.05, 4.69) is 32.3 Å². The van der Waals surface area contributed by atoms with E-state index in [1.807, 2.05) is 6.20 Å². The minimum atomic E-state index is -0.239. The minimum Gasteiger partial charge on any atom is -0.395 e. The van der Waals surface area contributed by atoms with Gasteiger partial charge >= 0.3 is 0 Å².